The van der Waals surface area contributed by atoms with Gasteiger partial charge in [0.15, 0.2) is 0 Å². The number of carbonyl (C=O) groups is 1. The number of piperidine rings is 1. The Morgan fingerprint density at radius 1 is 1.17 bits per heavy atom. The fourth-order valence-electron chi connectivity index (χ4n) is 3.33. The summed E-state index contributed by atoms with van der Waals surface area (Å²) in [6.45, 7) is 2.84. The zero-order valence-electron chi connectivity index (χ0n) is 14.4. The predicted octanol–water partition coefficient (Wildman–Crippen LogP) is 3.28. The number of hydrogen-bond acceptors (Lipinski definition) is 4. The largest absolute Gasteiger partial charge is 0.371 e. The molecule has 0 unspecified atom stereocenters. The molecule has 2 heterocycles. The van der Waals surface area contributed by atoms with Crippen LogP contribution < -0.4 is 5.32 Å². The molecule has 128 valence electrons. The van der Waals surface area contributed by atoms with Crippen LogP contribution in [0.4, 0.5) is 5.69 Å². The lowest BCUT2D eigenvalue weighted by Gasteiger charge is -2.43. The van der Waals surface area contributed by atoms with Gasteiger partial charge in [-0.15, -0.1) is 11.3 Å². The van der Waals surface area contributed by atoms with E-state index in [0.29, 0.717) is 0 Å². The van der Waals surface area contributed by atoms with E-state index in [2.05, 4.69) is 27.7 Å². The summed E-state index contributed by atoms with van der Waals surface area (Å²) in [7, 11) is 3.68. The number of anilines is 1. The number of para-hydroxylation sites is 1. The summed E-state index contributed by atoms with van der Waals surface area (Å²) in [4.78, 5) is 18.4. The van der Waals surface area contributed by atoms with Gasteiger partial charge >= 0.3 is 0 Å². The molecule has 1 fully saturated rings. The molecule has 4 nitrogen and oxygen atoms in total. The van der Waals surface area contributed by atoms with Gasteiger partial charge < -0.3 is 10.2 Å². The Hall–Kier alpha value is -1.85. The van der Waals surface area contributed by atoms with Gasteiger partial charge in [-0.1, -0.05) is 24.3 Å². The van der Waals surface area contributed by atoms with Crippen molar-refractivity contribution in [2.45, 2.75) is 24.9 Å². The van der Waals surface area contributed by atoms with E-state index >= 15 is 0 Å². The molecule has 1 aromatic heterocycles. The van der Waals surface area contributed by atoms with Crippen molar-refractivity contribution in [1.29, 1.82) is 0 Å². The Balaban J connectivity index is 1.72. The molecule has 1 N–H and O–H groups in total. The smallest absolute Gasteiger partial charge is 0.247 e. The van der Waals surface area contributed by atoms with E-state index in [-0.39, 0.29) is 5.91 Å². The van der Waals surface area contributed by atoms with E-state index in [4.69, 9.17) is 0 Å². The number of amides is 1. The average Bonchev–Trinajstić information content (AvgIpc) is 3.10. The first-order chi connectivity index (χ1) is 11.6. The van der Waals surface area contributed by atoms with E-state index in [1.165, 1.54) is 4.88 Å². The van der Waals surface area contributed by atoms with Gasteiger partial charge in [0.2, 0.25) is 5.91 Å². The molecule has 0 spiro atoms. The van der Waals surface area contributed by atoms with Crippen molar-refractivity contribution in [2.24, 2.45) is 0 Å². The number of likely N-dealkylation sites (tertiary alicyclic amines) is 1. The van der Waals surface area contributed by atoms with Crippen LogP contribution in [0.5, 0.6) is 0 Å². The van der Waals surface area contributed by atoms with Crippen LogP contribution in [0.2, 0.25) is 0 Å². The topological polar surface area (TPSA) is 35.6 Å². The molecule has 1 aliphatic heterocycles. The number of hydrogen-bond donors (Lipinski definition) is 1. The minimum Gasteiger partial charge on any atom is -0.371 e. The van der Waals surface area contributed by atoms with Gasteiger partial charge in [-0.2, -0.15) is 0 Å². The SMILES string of the molecule is CN(C)C(=O)C1(Nc2ccccc2)CCN(Cc2cccs2)CC1. The number of likely N-dealkylation sites (N-methyl/N-ethyl adjacent to an activating group) is 1. The summed E-state index contributed by atoms with van der Waals surface area (Å²) in [5.74, 6) is 0.169. The molecule has 1 aromatic carbocycles. The molecule has 0 atom stereocenters. The van der Waals surface area contributed by atoms with E-state index < -0.39 is 5.54 Å². The highest BCUT2D eigenvalue weighted by molar-refractivity contribution is 7.09. The van der Waals surface area contributed by atoms with Gasteiger partial charge in [-0.25, -0.2) is 0 Å². The van der Waals surface area contributed by atoms with Crippen LogP contribution in [0.25, 0.3) is 0 Å². The van der Waals surface area contributed by atoms with Gasteiger partial charge in [-0.3, -0.25) is 9.69 Å². The number of thiophene rings is 1. The minimum absolute atomic E-state index is 0.169. The second-order valence-corrected chi connectivity index (χ2v) is 7.66. The number of rotatable bonds is 5. The first-order valence-electron chi connectivity index (χ1n) is 8.39. The van der Waals surface area contributed by atoms with E-state index in [9.17, 15) is 4.79 Å². The van der Waals surface area contributed by atoms with Crippen LogP contribution >= 0.6 is 11.3 Å². The first-order valence-corrected chi connectivity index (χ1v) is 9.27. The van der Waals surface area contributed by atoms with Crippen molar-refractivity contribution in [3.05, 3.63) is 52.7 Å². The zero-order valence-corrected chi connectivity index (χ0v) is 15.2. The lowest BCUT2D eigenvalue weighted by atomic mass is 9.85. The van der Waals surface area contributed by atoms with Crippen LogP contribution in [0.3, 0.4) is 0 Å². The summed E-state index contributed by atoms with van der Waals surface area (Å²) in [6.07, 6.45) is 1.65. The monoisotopic (exact) mass is 343 g/mol. The van der Waals surface area contributed by atoms with Crippen LogP contribution in [-0.2, 0) is 11.3 Å². The maximum atomic E-state index is 12.9. The van der Waals surface area contributed by atoms with Crippen LogP contribution in [0.15, 0.2) is 47.8 Å². The van der Waals surface area contributed by atoms with Crippen molar-refractivity contribution < 1.29 is 4.79 Å². The second kappa shape index (κ2) is 7.36. The minimum atomic E-state index is -0.503. The third kappa shape index (κ3) is 3.79. The van der Waals surface area contributed by atoms with Crippen LogP contribution in [0, 0.1) is 0 Å². The third-order valence-electron chi connectivity index (χ3n) is 4.64. The quantitative estimate of drug-likeness (QED) is 0.905. The fourth-order valence-corrected chi connectivity index (χ4v) is 4.08. The molecular weight excluding hydrogens is 318 g/mol. The Morgan fingerprint density at radius 2 is 1.88 bits per heavy atom. The van der Waals surface area contributed by atoms with Crippen molar-refractivity contribution in [3.8, 4) is 0 Å². The van der Waals surface area contributed by atoms with Crippen molar-refractivity contribution >= 4 is 22.9 Å². The second-order valence-electron chi connectivity index (χ2n) is 6.63. The highest BCUT2D eigenvalue weighted by atomic mass is 32.1. The Bertz CT molecular complexity index is 647. The summed E-state index contributed by atoms with van der Waals surface area (Å²) in [6, 6.07) is 14.3. The Labute approximate surface area is 148 Å². The molecule has 1 aliphatic rings. The number of carbonyl (C=O) groups excluding carboxylic acids is 1. The zero-order chi connectivity index (χ0) is 17.0. The predicted molar refractivity (Wildman–Crippen MR) is 100 cm³/mol. The van der Waals surface area contributed by atoms with Crippen LogP contribution in [0.1, 0.15) is 17.7 Å². The number of benzene rings is 1. The molecule has 1 amide bonds. The maximum Gasteiger partial charge on any atom is 0.247 e. The molecule has 3 rings (SSSR count). The molecule has 24 heavy (non-hydrogen) atoms. The van der Waals surface area contributed by atoms with E-state index in [0.717, 1.165) is 38.2 Å². The first kappa shape index (κ1) is 17.0. The lowest BCUT2D eigenvalue weighted by Crippen LogP contribution is -2.57. The Kier molecular flexibility index (Phi) is 5.21. The standard InChI is InChI=1S/C19H25N3OS/c1-21(2)18(23)19(20-16-7-4-3-5-8-16)10-12-22(13-11-19)15-17-9-6-14-24-17/h3-9,14,20H,10-13,15H2,1-2H3. The van der Waals surface area contributed by atoms with Gasteiger partial charge in [0, 0.05) is 44.3 Å². The van der Waals surface area contributed by atoms with Crippen LogP contribution in [-0.4, -0.2) is 48.4 Å². The molecule has 1 saturated heterocycles. The molecule has 2 aromatic rings. The molecule has 0 saturated carbocycles. The average molecular weight is 343 g/mol. The number of nitrogens with one attached hydrogen (secondary N) is 1. The van der Waals surface area contributed by atoms with Gasteiger partial charge in [0.1, 0.15) is 5.54 Å². The number of nitrogens with zero attached hydrogens (tertiary/aromatic N) is 2. The van der Waals surface area contributed by atoms with Crippen molar-refractivity contribution in [3.63, 3.8) is 0 Å². The third-order valence-corrected chi connectivity index (χ3v) is 5.50. The summed E-state index contributed by atoms with van der Waals surface area (Å²) < 4.78 is 0. The highest BCUT2D eigenvalue weighted by Crippen LogP contribution is 2.30. The fraction of sp³-hybridized carbons (Fsp3) is 0.421. The highest BCUT2D eigenvalue weighted by Gasteiger charge is 2.42. The van der Waals surface area contributed by atoms with Gasteiger partial charge in [-0.05, 0) is 36.4 Å². The van der Waals surface area contributed by atoms with Gasteiger partial charge in [0.05, 0.1) is 0 Å². The van der Waals surface area contributed by atoms with E-state index in [1.54, 1.807) is 16.2 Å². The Morgan fingerprint density at radius 3 is 2.46 bits per heavy atom. The van der Waals surface area contributed by atoms with Crippen molar-refractivity contribution in [2.75, 3.05) is 32.5 Å². The molecule has 0 radical (unpaired) electrons. The molecule has 0 bridgehead atoms. The van der Waals surface area contributed by atoms with Crippen molar-refractivity contribution in [1.82, 2.24) is 9.80 Å². The summed E-state index contributed by atoms with van der Waals surface area (Å²) >= 11 is 1.80. The molecule has 5 heteroatoms. The lowest BCUT2D eigenvalue weighted by molar-refractivity contribution is -0.135. The molecule has 0 aliphatic carbocycles. The van der Waals surface area contributed by atoms with Gasteiger partial charge in [0.25, 0.3) is 0 Å². The van der Waals surface area contributed by atoms with E-state index in [1.807, 2.05) is 44.4 Å². The maximum absolute atomic E-state index is 12.9. The normalized spacial score (nSPS) is 17.4. The summed E-state index contributed by atoms with van der Waals surface area (Å²) in [5, 5.41) is 5.66. The summed E-state index contributed by atoms with van der Waals surface area (Å²) in [5.41, 5.74) is 0.510. The molecular formula is C19H25N3OS.